The highest BCUT2D eigenvalue weighted by Crippen LogP contribution is 2.26. The van der Waals surface area contributed by atoms with E-state index in [0.717, 1.165) is 35.6 Å². The third-order valence-corrected chi connectivity index (χ3v) is 2.09. The molecule has 0 radical (unpaired) electrons. The Hall–Kier alpha value is -0.450. The van der Waals surface area contributed by atoms with Gasteiger partial charge in [0, 0.05) is 4.43 Å². The third-order valence-electron chi connectivity index (χ3n) is 1.65. The topological polar surface area (TPSA) is 18.5 Å². The highest BCUT2D eigenvalue weighted by Gasteiger charge is 2.02. The molecule has 1 rings (SSSR count). The maximum atomic E-state index is 5.56. The molecule has 0 saturated carbocycles. The van der Waals surface area contributed by atoms with Crippen LogP contribution in [0.15, 0.2) is 24.3 Å². The second kappa shape index (κ2) is 6.92. The number of alkyl halides is 1. The Morgan fingerprint density at radius 3 is 2.14 bits per heavy atom. The van der Waals surface area contributed by atoms with Gasteiger partial charge in [-0.3, -0.25) is 0 Å². The van der Waals surface area contributed by atoms with Crippen LogP contribution >= 0.6 is 22.6 Å². The smallest absolute Gasteiger partial charge is 0.161 e. The minimum atomic E-state index is 0.729. The Morgan fingerprint density at radius 1 is 1.07 bits per heavy atom. The molecular weight excluding hydrogens is 291 g/mol. The standard InChI is InChI=1S/C11H15IO2/c1-2-8-13-10-5-3-4-6-11(10)14-9-7-12/h3-6H,2,7-9H2,1H3. The monoisotopic (exact) mass is 306 g/mol. The molecule has 0 aliphatic carbocycles. The predicted molar refractivity (Wildman–Crippen MR) is 66.6 cm³/mol. The van der Waals surface area contributed by atoms with Gasteiger partial charge in [0.15, 0.2) is 11.5 Å². The van der Waals surface area contributed by atoms with Crippen LogP contribution in [-0.2, 0) is 0 Å². The summed E-state index contributed by atoms with van der Waals surface area (Å²) in [5, 5.41) is 0. The summed E-state index contributed by atoms with van der Waals surface area (Å²) in [6, 6.07) is 7.80. The van der Waals surface area contributed by atoms with Gasteiger partial charge in [-0.25, -0.2) is 0 Å². The first kappa shape index (κ1) is 11.6. The first-order valence-corrected chi connectivity index (χ1v) is 6.31. The van der Waals surface area contributed by atoms with E-state index in [2.05, 4.69) is 29.5 Å². The summed E-state index contributed by atoms with van der Waals surface area (Å²) in [4.78, 5) is 0. The first-order chi connectivity index (χ1) is 6.88. The molecule has 3 heteroatoms. The lowest BCUT2D eigenvalue weighted by molar-refractivity contribution is 0.279. The van der Waals surface area contributed by atoms with Crippen LogP contribution < -0.4 is 9.47 Å². The lowest BCUT2D eigenvalue weighted by Gasteiger charge is -2.10. The molecule has 0 aromatic heterocycles. The van der Waals surface area contributed by atoms with Crippen molar-refractivity contribution in [1.29, 1.82) is 0 Å². The summed E-state index contributed by atoms with van der Waals surface area (Å²) in [5.74, 6) is 1.69. The second-order valence-corrected chi connectivity index (χ2v) is 3.91. The molecule has 0 unspecified atom stereocenters. The summed E-state index contributed by atoms with van der Waals surface area (Å²) in [6.07, 6.45) is 1.01. The quantitative estimate of drug-likeness (QED) is 0.593. The van der Waals surface area contributed by atoms with E-state index < -0.39 is 0 Å². The molecule has 2 nitrogen and oxygen atoms in total. The molecule has 1 aromatic rings. The van der Waals surface area contributed by atoms with Crippen molar-refractivity contribution in [2.75, 3.05) is 17.6 Å². The molecule has 0 heterocycles. The number of halogens is 1. The van der Waals surface area contributed by atoms with Crippen molar-refractivity contribution in [2.24, 2.45) is 0 Å². The molecule has 14 heavy (non-hydrogen) atoms. The Morgan fingerprint density at radius 2 is 1.64 bits per heavy atom. The normalized spacial score (nSPS) is 9.86. The zero-order valence-corrected chi connectivity index (χ0v) is 10.5. The lowest BCUT2D eigenvalue weighted by atomic mass is 10.3. The third kappa shape index (κ3) is 3.74. The van der Waals surface area contributed by atoms with Crippen LogP contribution in [0.5, 0.6) is 11.5 Å². The van der Waals surface area contributed by atoms with Gasteiger partial charge in [-0.2, -0.15) is 0 Å². The zero-order valence-electron chi connectivity index (χ0n) is 8.33. The molecule has 0 aliphatic rings. The number of benzene rings is 1. The number of rotatable bonds is 6. The van der Waals surface area contributed by atoms with E-state index in [1.165, 1.54) is 0 Å². The molecule has 0 aliphatic heterocycles. The van der Waals surface area contributed by atoms with Crippen molar-refractivity contribution in [3.05, 3.63) is 24.3 Å². The second-order valence-electron chi connectivity index (χ2n) is 2.83. The lowest BCUT2D eigenvalue weighted by Crippen LogP contribution is -2.01. The van der Waals surface area contributed by atoms with Crippen molar-refractivity contribution >= 4 is 22.6 Å². The van der Waals surface area contributed by atoms with E-state index in [-0.39, 0.29) is 0 Å². The van der Waals surface area contributed by atoms with Crippen molar-refractivity contribution < 1.29 is 9.47 Å². The fourth-order valence-corrected chi connectivity index (χ4v) is 1.27. The van der Waals surface area contributed by atoms with Gasteiger partial charge >= 0.3 is 0 Å². The van der Waals surface area contributed by atoms with E-state index in [4.69, 9.17) is 9.47 Å². The van der Waals surface area contributed by atoms with E-state index in [9.17, 15) is 0 Å². The molecule has 1 aromatic carbocycles. The summed E-state index contributed by atoms with van der Waals surface area (Å²) in [6.45, 7) is 3.56. The van der Waals surface area contributed by atoms with Gasteiger partial charge in [0.2, 0.25) is 0 Å². The molecule has 0 fully saturated rings. The molecule has 78 valence electrons. The van der Waals surface area contributed by atoms with Gasteiger partial charge in [-0.1, -0.05) is 41.6 Å². The Kier molecular flexibility index (Phi) is 5.75. The van der Waals surface area contributed by atoms with Crippen LogP contribution in [0.3, 0.4) is 0 Å². The Balaban J connectivity index is 2.60. The predicted octanol–water partition coefficient (Wildman–Crippen LogP) is 3.29. The van der Waals surface area contributed by atoms with Crippen molar-refractivity contribution in [3.8, 4) is 11.5 Å². The Bertz CT molecular complexity index is 236. The van der Waals surface area contributed by atoms with E-state index in [1.807, 2.05) is 24.3 Å². The average molecular weight is 306 g/mol. The summed E-state index contributed by atoms with van der Waals surface area (Å²) >= 11 is 2.29. The molecular formula is C11H15IO2. The highest BCUT2D eigenvalue weighted by molar-refractivity contribution is 14.1. The molecule has 0 atom stereocenters. The van der Waals surface area contributed by atoms with Gasteiger partial charge in [0.05, 0.1) is 13.2 Å². The van der Waals surface area contributed by atoms with Crippen LogP contribution in [0.1, 0.15) is 13.3 Å². The summed E-state index contributed by atoms with van der Waals surface area (Å²) < 4.78 is 12.1. The first-order valence-electron chi connectivity index (χ1n) is 4.79. The van der Waals surface area contributed by atoms with Crippen LogP contribution in [0.4, 0.5) is 0 Å². The van der Waals surface area contributed by atoms with E-state index >= 15 is 0 Å². The fourth-order valence-electron chi connectivity index (χ4n) is 1.05. The largest absolute Gasteiger partial charge is 0.490 e. The van der Waals surface area contributed by atoms with Crippen molar-refractivity contribution in [1.82, 2.24) is 0 Å². The van der Waals surface area contributed by atoms with E-state index in [1.54, 1.807) is 0 Å². The van der Waals surface area contributed by atoms with Gasteiger partial charge in [0.25, 0.3) is 0 Å². The fraction of sp³-hybridized carbons (Fsp3) is 0.455. The molecule has 0 bridgehead atoms. The summed E-state index contributed by atoms with van der Waals surface area (Å²) in [5.41, 5.74) is 0. The van der Waals surface area contributed by atoms with Crippen LogP contribution in [0.25, 0.3) is 0 Å². The van der Waals surface area contributed by atoms with Crippen molar-refractivity contribution in [3.63, 3.8) is 0 Å². The molecule has 0 spiro atoms. The SMILES string of the molecule is CCCOc1ccccc1OCCI. The number of hydrogen-bond donors (Lipinski definition) is 0. The maximum Gasteiger partial charge on any atom is 0.161 e. The zero-order chi connectivity index (χ0) is 10.2. The summed E-state index contributed by atoms with van der Waals surface area (Å²) in [7, 11) is 0. The highest BCUT2D eigenvalue weighted by atomic mass is 127. The van der Waals surface area contributed by atoms with Crippen LogP contribution in [0, 0.1) is 0 Å². The van der Waals surface area contributed by atoms with Gasteiger partial charge < -0.3 is 9.47 Å². The van der Waals surface area contributed by atoms with Gasteiger partial charge in [-0.05, 0) is 18.6 Å². The number of ether oxygens (including phenoxy) is 2. The van der Waals surface area contributed by atoms with E-state index in [0.29, 0.717) is 0 Å². The minimum absolute atomic E-state index is 0.729. The Labute approximate surface area is 98.7 Å². The minimum Gasteiger partial charge on any atom is -0.490 e. The average Bonchev–Trinajstić information content (AvgIpc) is 2.24. The van der Waals surface area contributed by atoms with Crippen LogP contribution in [0.2, 0.25) is 0 Å². The van der Waals surface area contributed by atoms with Gasteiger partial charge in [0.1, 0.15) is 0 Å². The van der Waals surface area contributed by atoms with Crippen molar-refractivity contribution in [2.45, 2.75) is 13.3 Å². The van der Waals surface area contributed by atoms with Gasteiger partial charge in [-0.15, -0.1) is 0 Å². The molecule has 0 N–H and O–H groups in total. The number of para-hydroxylation sites is 2. The molecule has 0 amide bonds. The number of hydrogen-bond acceptors (Lipinski definition) is 2. The molecule has 0 saturated heterocycles. The maximum absolute atomic E-state index is 5.56. The van der Waals surface area contributed by atoms with Crippen LogP contribution in [-0.4, -0.2) is 17.6 Å².